The molecule has 0 aliphatic heterocycles. The highest BCUT2D eigenvalue weighted by atomic mass is 32.2. The molecule has 0 fully saturated rings. The SMILES string of the molecule is [C-]#[N+]/C(C#N)=C(/C)c1ccc2cc(N(C)CCOS(=O)(=O)CCCCS(=O)(=O)NCc3ccc(CC(CC)CC)cc3)ccc2c1. The molecule has 3 aromatic carbocycles. The second-order valence-corrected chi connectivity index (χ2v) is 15.2. The normalized spacial score (nSPS) is 12.5. The maximum Gasteiger partial charge on any atom is 0.267 e. The number of nitriles is 1. The van der Waals surface area contributed by atoms with Gasteiger partial charge in [-0.3, -0.25) is 4.18 Å². The molecule has 0 spiro atoms. The van der Waals surface area contributed by atoms with Crippen LogP contribution in [0.3, 0.4) is 0 Å². The Labute approximate surface area is 274 Å². The van der Waals surface area contributed by atoms with E-state index >= 15 is 0 Å². The van der Waals surface area contributed by atoms with Gasteiger partial charge in [0.25, 0.3) is 15.8 Å². The Balaban J connectivity index is 1.41. The lowest BCUT2D eigenvalue weighted by Crippen LogP contribution is -2.26. The summed E-state index contributed by atoms with van der Waals surface area (Å²) in [6, 6.07) is 21.5. The summed E-state index contributed by atoms with van der Waals surface area (Å²) >= 11 is 0. The van der Waals surface area contributed by atoms with Crippen LogP contribution in [0.2, 0.25) is 0 Å². The number of likely N-dealkylation sites (N-methyl/N-ethyl adjacent to an activating group) is 1. The summed E-state index contributed by atoms with van der Waals surface area (Å²) in [7, 11) is -5.50. The standard InChI is InChI=1S/C35H44N4O5S2/c1-6-28(7-2)22-29-10-12-30(13-11-29)26-38-45(40,41)20-8-9-21-46(42,43)44-19-18-39(5)34-17-16-32-23-31(14-15-33(32)24-34)27(3)35(25-36)37-4/h10-17,23-24,28,38H,6-9,18-22,26H2,1-3,5H3/b35-27-. The molecule has 0 saturated heterocycles. The summed E-state index contributed by atoms with van der Waals surface area (Å²) in [4.78, 5) is 5.17. The number of benzene rings is 3. The number of anilines is 1. The molecule has 0 heterocycles. The van der Waals surface area contributed by atoms with Crippen LogP contribution in [0.25, 0.3) is 21.2 Å². The first-order valence-electron chi connectivity index (χ1n) is 15.6. The molecule has 0 unspecified atom stereocenters. The summed E-state index contributed by atoms with van der Waals surface area (Å²) in [5.74, 6) is 0.242. The fraction of sp³-hybridized carbons (Fsp3) is 0.429. The van der Waals surface area contributed by atoms with Gasteiger partial charge in [-0.25, -0.2) is 23.2 Å². The van der Waals surface area contributed by atoms with Crippen molar-refractivity contribution in [3.05, 3.63) is 94.5 Å². The summed E-state index contributed by atoms with van der Waals surface area (Å²) in [6.45, 7) is 13.8. The highest BCUT2D eigenvalue weighted by Crippen LogP contribution is 2.27. The van der Waals surface area contributed by atoms with Crippen LogP contribution in [-0.2, 0) is 37.3 Å². The number of fused-ring (bicyclic) bond motifs is 1. The number of sulfonamides is 1. The smallest absolute Gasteiger partial charge is 0.267 e. The van der Waals surface area contributed by atoms with Crippen LogP contribution in [0.5, 0.6) is 0 Å². The molecule has 246 valence electrons. The van der Waals surface area contributed by atoms with E-state index in [1.54, 1.807) is 6.92 Å². The van der Waals surface area contributed by atoms with Crippen molar-refractivity contribution in [2.75, 3.05) is 36.6 Å². The molecule has 46 heavy (non-hydrogen) atoms. The molecule has 0 saturated carbocycles. The van der Waals surface area contributed by atoms with Crippen LogP contribution >= 0.6 is 0 Å². The lowest BCUT2D eigenvalue weighted by atomic mass is 9.94. The number of hydrogen-bond donors (Lipinski definition) is 1. The van der Waals surface area contributed by atoms with Gasteiger partial charge in [-0.2, -0.15) is 8.42 Å². The number of hydrogen-bond acceptors (Lipinski definition) is 7. The molecular weight excluding hydrogens is 621 g/mol. The molecule has 0 bridgehead atoms. The molecule has 9 nitrogen and oxygen atoms in total. The van der Waals surface area contributed by atoms with E-state index in [2.05, 4.69) is 35.5 Å². The van der Waals surface area contributed by atoms with E-state index in [9.17, 15) is 16.8 Å². The van der Waals surface area contributed by atoms with E-state index in [4.69, 9.17) is 16.0 Å². The fourth-order valence-electron chi connectivity index (χ4n) is 5.06. The van der Waals surface area contributed by atoms with Gasteiger partial charge in [0.1, 0.15) is 0 Å². The van der Waals surface area contributed by atoms with Crippen molar-refractivity contribution in [3.63, 3.8) is 0 Å². The number of allylic oxidation sites excluding steroid dienone is 2. The van der Waals surface area contributed by atoms with Crippen molar-refractivity contribution < 1.29 is 21.0 Å². The molecule has 11 heteroatoms. The van der Waals surface area contributed by atoms with Crippen molar-refractivity contribution in [1.29, 1.82) is 5.26 Å². The van der Waals surface area contributed by atoms with Crippen molar-refractivity contribution in [2.24, 2.45) is 5.92 Å². The van der Waals surface area contributed by atoms with Gasteiger partial charge in [0.05, 0.1) is 30.8 Å². The maximum absolute atomic E-state index is 12.5. The highest BCUT2D eigenvalue weighted by Gasteiger charge is 2.15. The number of nitrogens with one attached hydrogen (secondary N) is 1. The minimum Gasteiger partial charge on any atom is -0.372 e. The van der Waals surface area contributed by atoms with E-state index < -0.39 is 20.1 Å². The van der Waals surface area contributed by atoms with Crippen molar-refractivity contribution in [3.8, 4) is 6.07 Å². The molecule has 0 aliphatic rings. The third kappa shape index (κ3) is 11.3. The van der Waals surface area contributed by atoms with E-state index in [0.29, 0.717) is 18.0 Å². The zero-order chi connectivity index (χ0) is 33.7. The minimum absolute atomic E-state index is 0.0381. The zero-order valence-corrected chi connectivity index (χ0v) is 28.8. The number of rotatable bonds is 18. The van der Waals surface area contributed by atoms with Crippen molar-refractivity contribution >= 4 is 42.2 Å². The van der Waals surface area contributed by atoms with Crippen molar-refractivity contribution in [1.82, 2.24) is 4.72 Å². The van der Waals surface area contributed by atoms with Crippen LogP contribution < -0.4 is 9.62 Å². The summed E-state index contributed by atoms with van der Waals surface area (Å²) < 4.78 is 57.6. The molecule has 0 aromatic heterocycles. The van der Waals surface area contributed by atoms with Gasteiger partial charge < -0.3 is 4.90 Å². The first-order valence-corrected chi connectivity index (χ1v) is 18.8. The predicted molar refractivity (Wildman–Crippen MR) is 186 cm³/mol. The van der Waals surface area contributed by atoms with E-state index in [1.807, 2.05) is 66.5 Å². The summed E-state index contributed by atoms with van der Waals surface area (Å²) in [6.07, 6.45) is 3.67. The fourth-order valence-corrected chi connectivity index (χ4v) is 7.18. The zero-order valence-electron chi connectivity index (χ0n) is 27.1. The van der Waals surface area contributed by atoms with Gasteiger partial charge in [0.2, 0.25) is 10.0 Å². The van der Waals surface area contributed by atoms with E-state index in [-0.39, 0.29) is 43.2 Å². The molecule has 0 radical (unpaired) electrons. The Morgan fingerprint density at radius 2 is 1.59 bits per heavy atom. The van der Waals surface area contributed by atoms with Gasteiger partial charge in [-0.1, -0.05) is 69.2 Å². The van der Waals surface area contributed by atoms with Crippen LogP contribution in [0.15, 0.2) is 66.4 Å². The van der Waals surface area contributed by atoms with Gasteiger partial charge in [-0.05, 0) is 83.3 Å². The molecule has 3 aromatic rings. The molecule has 3 rings (SSSR count). The molecule has 1 N–H and O–H groups in total. The Morgan fingerprint density at radius 3 is 2.24 bits per heavy atom. The second-order valence-electron chi connectivity index (χ2n) is 11.5. The van der Waals surface area contributed by atoms with Crippen molar-refractivity contribution in [2.45, 2.75) is 59.4 Å². The molecule has 0 aliphatic carbocycles. The van der Waals surface area contributed by atoms with Gasteiger partial charge in [-0.15, -0.1) is 0 Å². The van der Waals surface area contributed by atoms with Gasteiger partial charge >= 0.3 is 0 Å². The second kappa shape index (κ2) is 17.3. The van der Waals surface area contributed by atoms with Gasteiger partial charge in [0.15, 0.2) is 0 Å². The first-order chi connectivity index (χ1) is 21.9. The Hall–Kier alpha value is -3.74. The molecule has 0 atom stereocenters. The first kappa shape index (κ1) is 36.7. The summed E-state index contributed by atoms with van der Waals surface area (Å²) in [5, 5.41) is 11.1. The lowest BCUT2D eigenvalue weighted by Gasteiger charge is -2.20. The monoisotopic (exact) mass is 664 g/mol. The number of unbranched alkanes of at least 4 members (excludes halogenated alkanes) is 1. The lowest BCUT2D eigenvalue weighted by molar-refractivity contribution is 0.325. The predicted octanol–water partition coefficient (Wildman–Crippen LogP) is 6.67. The van der Waals surface area contributed by atoms with Crippen LogP contribution in [0.1, 0.15) is 63.1 Å². The molecule has 0 amide bonds. The number of nitrogens with zero attached hydrogens (tertiary/aromatic N) is 3. The third-order valence-electron chi connectivity index (χ3n) is 8.22. The average molecular weight is 665 g/mol. The minimum atomic E-state index is -3.80. The van der Waals surface area contributed by atoms with Crippen LogP contribution in [-0.4, -0.2) is 48.5 Å². The van der Waals surface area contributed by atoms with Crippen LogP contribution in [0, 0.1) is 23.8 Å². The average Bonchev–Trinajstić information content (AvgIpc) is 3.05. The quantitative estimate of drug-likeness (QED) is 0.0698. The van der Waals surface area contributed by atoms with Gasteiger partial charge in [0, 0.05) is 25.8 Å². The molecular formula is C35H44N4O5S2. The topological polar surface area (TPSA) is 121 Å². The van der Waals surface area contributed by atoms with E-state index in [1.165, 1.54) is 5.56 Å². The highest BCUT2D eigenvalue weighted by molar-refractivity contribution is 7.89. The maximum atomic E-state index is 12.5. The Morgan fingerprint density at radius 1 is 0.957 bits per heavy atom. The van der Waals surface area contributed by atoms with Crippen LogP contribution in [0.4, 0.5) is 5.69 Å². The Kier molecular flexibility index (Phi) is 13.8. The summed E-state index contributed by atoms with van der Waals surface area (Å²) in [5.41, 5.74) is 4.50. The third-order valence-corrected chi connectivity index (χ3v) is 10.9. The largest absolute Gasteiger partial charge is 0.372 e. The Bertz CT molecular complexity index is 1790. The van der Waals surface area contributed by atoms with E-state index in [0.717, 1.165) is 46.8 Å².